The van der Waals surface area contributed by atoms with E-state index in [1.807, 2.05) is 0 Å². The van der Waals surface area contributed by atoms with Gasteiger partial charge in [0.05, 0.1) is 6.10 Å². The SMILES string of the molecule is COC1CC(NC(=O)c2ccnc(NN)c2)C1. The highest BCUT2D eigenvalue weighted by Gasteiger charge is 2.30. The molecule has 92 valence electrons. The molecule has 4 N–H and O–H groups in total. The first-order valence-electron chi connectivity index (χ1n) is 5.49. The van der Waals surface area contributed by atoms with Gasteiger partial charge in [-0.25, -0.2) is 10.8 Å². The Kier molecular flexibility index (Phi) is 3.55. The van der Waals surface area contributed by atoms with E-state index in [0.717, 1.165) is 12.8 Å². The third-order valence-electron chi connectivity index (χ3n) is 2.93. The summed E-state index contributed by atoms with van der Waals surface area (Å²) in [6.45, 7) is 0. The molecule has 0 atom stereocenters. The number of hydrogen-bond donors (Lipinski definition) is 3. The van der Waals surface area contributed by atoms with Crippen molar-refractivity contribution in [3.63, 3.8) is 0 Å². The number of aromatic nitrogens is 1. The summed E-state index contributed by atoms with van der Waals surface area (Å²) in [6, 6.07) is 3.47. The molecule has 1 aliphatic carbocycles. The van der Waals surface area contributed by atoms with Gasteiger partial charge < -0.3 is 15.5 Å². The maximum Gasteiger partial charge on any atom is 0.251 e. The Morgan fingerprint density at radius 3 is 3.00 bits per heavy atom. The second-order valence-electron chi connectivity index (χ2n) is 4.07. The molecule has 0 unspecified atom stereocenters. The van der Waals surface area contributed by atoms with E-state index in [9.17, 15) is 4.79 Å². The summed E-state index contributed by atoms with van der Waals surface area (Å²) in [5.41, 5.74) is 2.96. The van der Waals surface area contributed by atoms with Crippen LogP contribution in [-0.4, -0.2) is 30.1 Å². The van der Waals surface area contributed by atoms with Crippen molar-refractivity contribution in [2.75, 3.05) is 12.5 Å². The van der Waals surface area contributed by atoms with Crippen molar-refractivity contribution in [2.45, 2.75) is 25.0 Å². The van der Waals surface area contributed by atoms with E-state index in [0.29, 0.717) is 11.4 Å². The van der Waals surface area contributed by atoms with Crippen LogP contribution in [0.4, 0.5) is 5.82 Å². The highest BCUT2D eigenvalue weighted by Crippen LogP contribution is 2.22. The summed E-state index contributed by atoms with van der Waals surface area (Å²) in [4.78, 5) is 15.8. The van der Waals surface area contributed by atoms with Gasteiger partial charge in [0.25, 0.3) is 5.91 Å². The number of amides is 1. The second-order valence-corrected chi connectivity index (χ2v) is 4.07. The molecule has 1 aromatic heterocycles. The van der Waals surface area contributed by atoms with E-state index in [-0.39, 0.29) is 18.1 Å². The number of rotatable bonds is 4. The van der Waals surface area contributed by atoms with E-state index in [1.54, 1.807) is 25.4 Å². The van der Waals surface area contributed by atoms with Gasteiger partial charge in [0.1, 0.15) is 5.82 Å². The summed E-state index contributed by atoms with van der Waals surface area (Å²) in [7, 11) is 1.69. The minimum Gasteiger partial charge on any atom is -0.381 e. The van der Waals surface area contributed by atoms with Gasteiger partial charge >= 0.3 is 0 Å². The van der Waals surface area contributed by atoms with E-state index in [1.165, 1.54) is 0 Å². The van der Waals surface area contributed by atoms with E-state index in [2.05, 4.69) is 15.7 Å². The summed E-state index contributed by atoms with van der Waals surface area (Å²) in [5, 5.41) is 2.93. The molecule has 1 fully saturated rings. The van der Waals surface area contributed by atoms with Gasteiger partial charge in [-0.15, -0.1) is 0 Å². The number of methoxy groups -OCH3 is 1. The number of anilines is 1. The van der Waals surface area contributed by atoms with Gasteiger partial charge in [0.2, 0.25) is 0 Å². The molecule has 0 aromatic carbocycles. The summed E-state index contributed by atoms with van der Waals surface area (Å²) < 4.78 is 5.15. The zero-order chi connectivity index (χ0) is 12.3. The lowest BCUT2D eigenvalue weighted by Gasteiger charge is -2.34. The molecule has 6 heteroatoms. The fraction of sp³-hybridized carbons (Fsp3) is 0.455. The van der Waals surface area contributed by atoms with Crippen LogP contribution in [0.5, 0.6) is 0 Å². The molecule has 17 heavy (non-hydrogen) atoms. The maximum absolute atomic E-state index is 11.9. The Hall–Kier alpha value is -1.66. The molecular formula is C11H16N4O2. The van der Waals surface area contributed by atoms with Crippen LogP contribution in [-0.2, 0) is 4.74 Å². The first kappa shape index (κ1) is 11.8. The Labute approximate surface area is 99.5 Å². The molecule has 0 bridgehead atoms. The number of carbonyl (C=O) groups excluding carboxylic acids is 1. The van der Waals surface area contributed by atoms with Crippen LogP contribution in [0.3, 0.4) is 0 Å². The smallest absolute Gasteiger partial charge is 0.251 e. The highest BCUT2D eigenvalue weighted by molar-refractivity contribution is 5.95. The minimum atomic E-state index is -0.108. The number of nitrogen functional groups attached to an aromatic ring is 1. The third kappa shape index (κ3) is 2.72. The Bertz CT molecular complexity index is 404. The highest BCUT2D eigenvalue weighted by atomic mass is 16.5. The molecule has 1 heterocycles. The van der Waals surface area contributed by atoms with Crippen LogP contribution in [0.15, 0.2) is 18.3 Å². The van der Waals surface area contributed by atoms with Crippen LogP contribution < -0.4 is 16.6 Å². The summed E-state index contributed by atoms with van der Waals surface area (Å²) in [6.07, 6.45) is 3.56. The molecule has 1 aliphatic rings. The van der Waals surface area contributed by atoms with Gasteiger partial charge in [-0.1, -0.05) is 0 Å². The number of nitrogens with two attached hydrogens (primary N) is 1. The summed E-state index contributed by atoms with van der Waals surface area (Å²) >= 11 is 0. The number of ether oxygens (including phenoxy) is 1. The van der Waals surface area contributed by atoms with Gasteiger partial charge in [0, 0.05) is 24.9 Å². The van der Waals surface area contributed by atoms with Crippen LogP contribution in [0.1, 0.15) is 23.2 Å². The van der Waals surface area contributed by atoms with Crippen molar-refractivity contribution < 1.29 is 9.53 Å². The zero-order valence-corrected chi connectivity index (χ0v) is 9.64. The lowest BCUT2D eigenvalue weighted by Crippen LogP contribution is -2.47. The third-order valence-corrected chi connectivity index (χ3v) is 2.93. The van der Waals surface area contributed by atoms with E-state index in [4.69, 9.17) is 10.6 Å². The molecule has 0 saturated heterocycles. The van der Waals surface area contributed by atoms with Crippen molar-refractivity contribution in [2.24, 2.45) is 5.84 Å². The second kappa shape index (κ2) is 5.11. The average Bonchev–Trinajstić information content (AvgIpc) is 2.33. The topological polar surface area (TPSA) is 89.3 Å². The zero-order valence-electron chi connectivity index (χ0n) is 9.64. The standard InChI is InChI=1S/C11H16N4O2/c1-17-9-5-8(6-9)14-11(16)7-2-3-13-10(4-7)15-12/h2-4,8-9H,5-6,12H2,1H3,(H,13,15)(H,14,16). The largest absolute Gasteiger partial charge is 0.381 e. The molecule has 2 rings (SSSR count). The molecule has 0 radical (unpaired) electrons. The van der Waals surface area contributed by atoms with Crippen molar-refractivity contribution in [3.05, 3.63) is 23.9 Å². The monoisotopic (exact) mass is 236 g/mol. The molecule has 6 nitrogen and oxygen atoms in total. The predicted molar refractivity (Wildman–Crippen MR) is 63.3 cm³/mol. The normalized spacial score (nSPS) is 22.7. The number of nitrogens with zero attached hydrogens (tertiary/aromatic N) is 1. The fourth-order valence-corrected chi connectivity index (χ4v) is 1.80. The lowest BCUT2D eigenvalue weighted by atomic mass is 9.89. The lowest BCUT2D eigenvalue weighted by molar-refractivity contribution is 0.0176. The average molecular weight is 236 g/mol. The number of hydrogen-bond acceptors (Lipinski definition) is 5. The Morgan fingerprint density at radius 1 is 1.59 bits per heavy atom. The quantitative estimate of drug-likeness (QED) is 0.516. The van der Waals surface area contributed by atoms with Gasteiger partial charge in [-0.3, -0.25) is 4.79 Å². The van der Waals surface area contributed by atoms with Crippen LogP contribution in [0, 0.1) is 0 Å². The van der Waals surface area contributed by atoms with Crippen molar-refractivity contribution in [1.29, 1.82) is 0 Å². The van der Waals surface area contributed by atoms with Crippen LogP contribution in [0.2, 0.25) is 0 Å². The van der Waals surface area contributed by atoms with Crippen molar-refractivity contribution in [3.8, 4) is 0 Å². The Balaban J connectivity index is 1.91. The molecular weight excluding hydrogens is 220 g/mol. The molecule has 0 aliphatic heterocycles. The van der Waals surface area contributed by atoms with Crippen molar-refractivity contribution >= 4 is 11.7 Å². The van der Waals surface area contributed by atoms with Gasteiger partial charge in [-0.05, 0) is 25.0 Å². The molecule has 1 aromatic rings. The predicted octanol–water partition coefficient (Wildman–Crippen LogP) is 0.274. The molecule has 1 saturated carbocycles. The Morgan fingerprint density at radius 2 is 2.35 bits per heavy atom. The molecule has 1 amide bonds. The van der Waals surface area contributed by atoms with Crippen LogP contribution >= 0.6 is 0 Å². The van der Waals surface area contributed by atoms with E-state index >= 15 is 0 Å². The molecule has 0 spiro atoms. The van der Waals surface area contributed by atoms with Gasteiger partial charge in [-0.2, -0.15) is 0 Å². The number of hydrazine groups is 1. The van der Waals surface area contributed by atoms with E-state index < -0.39 is 0 Å². The number of pyridine rings is 1. The maximum atomic E-state index is 11.9. The van der Waals surface area contributed by atoms with Gasteiger partial charge in [0.15, 0.2) is 0 Å². The number of nitrogens with one attached hydrogen (secondary N) is 2. The fourth-order valence-electron chi connectivity index (χ4n) is 1.80. The van der Waals surface area contributed by atoms with Crippen molar-refractivity contribution in [1.82, 2.24) is 10.3 Å². The first-order valence-corrected chi connectivity index (χ1v) is 5.49. The first-order chi connectivity index (χ1) is 8.22. The number of carbonyl (C=O) groups is 1. The van der Waals surface area contributed by atoms with Crippen LogP contribution in [0.25, 0.3) is 0 Å². The summed E-state index contributed by atoms with van der Waals surface area (Å²) in [5.74, 6) is 5.60. The minimum absolute atomic E-state index is 0.108.